The first kappa shape index (κ1) is 21.8. The van der Waals surface area contributed by atoms with Crippen LogP contribution in [0.3, 0.4) is 0 Å². The Bertz CT molecular complexity index is 740. The number of nitrogens with one attached hydrogen (secondary N) is 3. The first-order valence-corrected chi connectivity index (χ1v) is 7.98. The Morgan fingerprint density at radius 2 is 1.96 bits per heavy atom. The number of carbonyl (C=O) groups is 1. The molecule has 1 aromatic carbocycles. The molecule has 26 heavy (non-hydrogen) atoms. The molecule has 0 saturated carbocycles. The van der Waals surface area contributed by atoms with E-state index in [0.717, 1.165) is 5.56 Å². The van der Waals surface area contributed by atoms with Gasteiger partial charge in [0, 0.05) is 39.1 Å². The highest BCUT2D eigenvalue weighted by molar-refractivity contribution is 14.0. The predicted molar refractivity (Wildman–Crippen MR) is 111 cm³/mol. The van der Waals surface area contributed by atoms with E-state index in [4.69, 9.17) is 0 Å². The third kappa shape index (κ3) is 6.95. The van der Waals surface area contributed by atoms with Crippen LogP contribution >= 0.6 is 24.0 Å². The topological polar surface area (TPSA) is 78.4 Å². The Hall–Kier alpha value is -2.23. The Balaban J connectivity index is 0.00000338. The second-order valence-electron chi connectivity index (χ2n) is 5.43. The summed E-state index contributed by atoms with van der Waals surface area (Å²) in [4.78, 5) is 19.9. The molecule has 6 nitrogen and oxygen atoms in total. The first-order chi connectivity index (χ1) is 12.1. The van der Waals surface area contributed by atoms with Crippen LogP contribution in [0.5, 0.6) is 0 Å². The molecule has 0 spiro atoms. The minimum atomic E-state index is -0.212. The van der Waals surface area contributed by atoms with Crippen molar-refractivity contribution in [2.24, 2.45) is 4.99 Å². The molecule has 140 valence electrons. The minimum absolute atomic E-state index is 0. The van der Waals surface area contributed by atoms with Gasteiger partial charge in [-0.1, -0.05) is 12.1 Å². The Morgan fingerprint density at radius 3 is 2.62 bits per heavy atom. The fourth-order valence-corrected chi connectivity index (χ4v) is 2.18. The number of aryl methyl sites for hydroxylation is 1. The zero-order valence-corrected chi connectivity index (χ0v) is 17.1. The van der Waals surface area contributed by atoms with E-state index in [1.54, 1.807) is 44.4 Å². The summed E-state index contributed by atoms with van der Waals surface area (Å²) in [6.45, 7) is 3.23. The summed E-state index contributed by atoms with van der Waals surface area (Å²) in [5, 5.41) is 9.05. The van der Waals surface area contributed by atoms with Crippen molar-refractivity contribution >= 4 is 35.8 Å². The van der Waals surface area contributed by atoms with Crippen molar-refractivity contribution in [3.05, 3.63) is 65.2 Å². The molecular weight excluding hydrogens is 448 g/mol. The molecule has 3 N–H and O–H groups in total. The molecule has 0 fully saturated rings. The number of benzene rings is 1. The van der Waals surface area contributed by atoms with E-state index in [1.165, 1.54) is 12.3 Å². The van der Waals surface area contributed by atoms with Gasteiger partial charge < -0.3 is 16.0 Å². The lowest BCUT2D eigenvalue weighted by Gasteiger charge is -2.13. The van der Waals surface area contributed by atoms with Crippen molar-refractivity contribution < 1.29 is 9.18 Å². The fraction of sp³-hybridized carbons (Fsp3) is 0.278. The number of hydrogen-bond donors (Lipinski definition) is 3. The van der Waals surface area contributed by atoms with Gasteiger partial charge in [-0.15, -0.1) is 24.0 Å². The van der Waals surface area contributed by atoms with Crippen molar-refractivity contribution in [2.75, 3.05) is 20.1 Å². The summed E-state index contributed by atoms with van der Waals surface area (Å²) in [6, 6.07) is 8.41. The van der Waals surface area contributed by atoms with Gasteiger partial charge >= 0.3 is 0 Å². The molecular formula is C18H23FIN5O. The van der Waals surface area contributed by atoms with Gasteiger partial charge in [0.25, 0.3) is 5.91 Å². The van der Waals surface area contributed by atoms with E-state index in [0.29, 0.717) is 36.7 Å². The van der Waals surface area contributed by atoms with Crippen LogP contribution in [0, 0.1) is 12.7 Å². The molecule has 0 saturated heterocycles. The van der Waals surface area contributed by atoms with E-state index in [9.17, 15) is 9.18 Å². The second kappa shape index (κ2) is 11.4. The molecule has 0 radical (unpaired) electrons. The number of nitrogens with zero attached hydrogens (tertiary/aromatic N) is 2. The number of pyridine rings is 1. The summed E-state index contributed by atoms with van der Waals surface area (Å²) in [6.07, 6.45) is 3.14. The van der Waals surface area contributed by atoms with Gasteiger partial charge in [0.2, 0.25) is 0 Å². The van der Waals surface area contributed by atoms with Gasteiger partial charge in [0.1, 0.15) is 5.82 Å². The maximum Gasteiger partial charge on any atom is 0.252 e. The summed E-state index contributed by atoms with van der Waals surface area (Å²) in [7, 11) is 1.67. The number of halogens is 2. The number of aromatic nitrogens is 1. The molecule has 8 heteroatoms. The van der Waals surface area contributed by atoms with E-state index >= 15 is 0 Å². The zero-order chi connectivity index (χ0) is 18.1. The van der Waals surface area contributed by atoms with Crippen molar-refractivity contribution in [1.29, 1.82) is 0 Å². The summed E-state index contributed by atoms with van der Waals surface area (Å²) >= 11 is 0. The standard InChI is InChI=1S/C18H22FN5O.HI/c1-13-10-14(5-6-16(13)19)11-24-18(20-2)23-9-8-22-17(25)15-4-3-7-21-12-15;/h3-7,10,12H,8-9,11H2,1-2H3,(H,22,25)(H2,20,23,24);1H. The average Bonchev–Trinajstić information content (AvgIpc) is 2.64. The molecule has 0 aliphatic heterocycles. The quantitative estimate of drug-likeness (QED) is 0.262. The molecule has 0 aliphatic rings. The van der Waals surface area contributed by atoms with Crippen LogP contribution < -0.4 is 16.0 Å². The number of hydrogen-bond acceptors (Lipinski definition) is 3. The van der Waals surface area contributed by atoms with Crippen LogP contribution in [0.1, 0.15) is 21.5 Å². The summed E-state index contributed by atoms with van der Waals surface area (Å²) < 4.78 is 13.3. The molecule has 0 bridgehead atoms. The highest BCUT2D eigenvalue weighted by Gasteiger charge is 2.04. The lowest BCUT2D eigenvalue weighted by Crippen LogP contribution is -2.41. The molecule has 0 unspecified atom stereocenters. The molecule has 1 amide bonds. The zero-order valence-electron chi connectivity index (χ0n) is 14.8. The molecule has 1 aromatic heterocycles. The van der Waals surface area contributed by atoms with E-state index in [-0.39, 0.29) is 35.7 Å². The summed E-state index contributed by atoms with van der Waals surface area (Å²) in [5.74, 6) is 0.229. The average molecular weight is 471 g/mol. The maximum absolute atomic E-state index is 13.3. The van der Waals surface area contributed by atoms with Crippen molar-refractivity contribution in [1.82, 2.24) is 20.9 Å². The molecule has 2 aromatic rings. The van der Waals surface area contributed by atoms with Crippen LogP contribution in [0.15, 0.2) is 47.7 Å². The van der Waals surface area contributed by atoms with Gasteiger partial charge in [0.15, 0.2) is 5.96 Å². The van der Waals surface area contributed by atoms with Crippen molar-refractivity contribution in [2.45, 2.75) is 13.5 Å². The Morgan fingerprint density at radius 1 is 1.19 bits per heavy atom. The van der Waals surface area contributed by atoms with Crippen LogP contribution in [0.4, 0.5) is 4.39 Å². The largest absolute Gasteiger partial charge is 0.355 e. The number of amides is 1. The number of rotatable bonds is 6. The Labute approximate surface area is 169 Å². The Kier molecular flexibility index (Phi) is 9.56. The molecule has 2 rings (SSSR count). The SMILES string of the molecule is CN=C(NCCNC(=O)c1cccnc1)NCc1ccc(F)c(C)c1.I. The van der Waals surface area contributed by atoms with Gasteiger partial charge in [-0.25, -0.2) is 4.39 Å². The molecule has 0 aliphatic carbocycles. The van der Waals surface area contributed by atoms with Crippen LogP contribution in [-0.4, -0.2) is 37.0 Å². The van der Waals surface area contributed by atoms with Crippen LogP contribution in [0.2, 0.25) is 0 Å². The van der Waals surface area contributed by atoms with Crippen molar-refractivity contribution in [3.8, 4) is 0 Å². The maximum atomic E-state index is 13.3. The van der Waals surface area contributed by atoms with E-state index < -0.39 is 0 Å². The lowest BCUT2D eigenvalue weighted by atomic mass is 10.1. The van der Waals surface area contributed by atoms with Crippen LogP contribution in [-0.2, 0) is 6.54 Å². The third-order valence-corrected chi connectivity index (χ3v) is 3.53. The van der Waals surface area contributed by atoms with Gasteiger partial charge in [-0.2, -0.15) is 0 Å². The molecule has 1 heterocycles. The smallest absolute Gasteiger partial charge is 0.252 e. The third-order valence-electron chi connectivity index (χ3n) is 3.53. The second-order valence-corrected chi connectivity index (χ2v) is 5.43. The summed E-state index contributed by atoms with van der Waals surface area (Å²) in [5.41, 5.74) is 2.10. The predicted octanol–water partition coefficient (Wildman–Crippen LogP) is 2.24. The monoisotopic (exact) mass is 471 g/mol. The van der Waals surface area contributed by atoms with E-state index in [2.05, 4.69) is 25.9 Å². The van der Waals surface area contributed by atoms with Crippen LogP contribution in [0.25, 0.3) is 0 Å². The van der Waals surface area contributed by atoms with Gasteiger partial charge in [0.05, 0.1) is 5.56 Å². The minimum Gasteiger partial charge on any atom is -0.355 e. The van der Waals surface area contributed by atoms with E-state index in [1.807, 2.05) is 0 Å². The lowest BCUT2D eigenvalue weighted by molar-refractivity contribution is 0.0954. The molecule has 0 atom stereocenters. The van der Waals surface area contributed by atoms with Gasteiger partial charge in [-0.3, -0.25) is 14.8 Å². The fourth-order valence-electron chi connectivity index (χ4n) is 2.18. The highest BCUT2D eigenvalue weighted by atomic mass is 127. The first-order valence-electron chi connectivity index (χ1n) is 7.98. The normalized spacial score (nSPS) is 10.7. The highest BCUT2D eigenvalue weighted by Crippen LogP contribution is 2.08. The van der Waals surface area contributed by atoms with Crippen molar-refractivity contribution in [3.63, 3.8) is 0 Å². The number of carbonyl (C=O) groups excluding carboxylic acids is 1. The number of guanidine groups is 1. The number of aliphatic imine (C=N–C) groups is 1. The van der Waals surface area contributed by atoms with Gasteiger partial charge in [-0.05, 0) is 36.2 Å².